The predicted octanol–water partition coefficient (Wildman–Crippen LogP) is 0.695. The molecule has 0 bridgehead atoms. The van der Waals surface area contributed by atoms with Gasteiger partial charge < -0.3 is 9.84 Å². The van der Waals surface area contributed by atoms with Gasteiger partial charge in [-0.15, -0.1) is 0 Å². The highest BCUT2D eigenvalue weighted by molar-refractivity contribution is 7.86. The molecule has 0 aromatic rings. The summed E-state index contributed by atoms with van der Waals surface area (Å²) in [6, 6.07) is 0. The Morgan fingerprint density at radius 3 is 2.40 bits per heavy atom. The monoisotopic (exact) mass is 306 g/mol. The van der Waals surface area contributed by atoms with E-state index < -0.39 is 27.3 Å². The van der Waals surface area contributed by atoms with Crippen LogP contribution in [0, 0.1) is 17.8 Å². The standard InChI is InChI=1S/C12H18O7S/c13-6-19-9-2-1-7-5-11(20(16,17)18)10(12(14)15)4-8(7)3-9/h6-11H,1-5H2,(H,14,15)(H,16,17,18). The second-order valence-electron chi connectivity index (χ2n) is 5.66. The third-order valence-corrected chi connectivity index (χ3v) is 5.87. The lowest BCUT2D eigenvalue weighted by Gasteiger charge is -2.42. The minimum absolute atomic E-state index is 0.0211. The first-order valence-corrected chi connectivity index (χ1v) is 8.11. The van der Waals surface area contributed by atoms with Crippen LogP contribution in [-0.2, 0) is 24.4 Å². The number of carbonyl (C=O) groups is 2. The summed E-state index contributed by atoms with van der Waals surface area (Å²) in [5.41, 5.74) is 0. The number of ether oxygens (including phenoxy) is 1. The van der Waals surface area contributed by atoms with E-state index in [4.69, 9.17) is 9.84 Å². The van der Waals surface area contributed by atoms with Gasteiger partial charge in [0.25, 0.3) is 16.6 Å². The first kappa shape index (κ1) is 15.2. The Morgan fingerprint density at radius 2 is 1.85 bits per heavy atom. The molecular formula is C12H18O7S. The summed E-state index contributed by atoms with van der Waals surface area (Å²) in [5.74, 6) is -2.22. The van der Waals surface area contributed by atoms with Crippen molar-refractivity contribution in [3.63, 3.8) is 0 Å². The zero-order valence-electron chi connectivity index (χ0n) is 10.8. The number of carboxylic acids is 1. The number of hydrogen-bond donors (Lipinski definition) is 2. The van der Waals surface area contributed by atoms with Gasteiger partial charge in [-0.05, 0) is 43.9 Å². The van der Waals surface area contributed by atoms with E-state index in [1.165, 1.54) is 0 Å². The minimum atomic E-state index is -4.36. The summed E-state index contributed by atoms with van der Waals surface area (Å²) < 4.78 is 36.9. The second-order valence-corrected chi connectivity index (χ2v) is 7.29. The Kier molecular flexibility index (Phi) is 4.33. The van der Waals surface area contributed by atoms with Gasteiger partial charge in [0.05, 0.1) is 5.92 Å². The molecule has 0 aromatic heterocycles. The normalized spacial score (nSPS) is 37.8. The van der Waals surface area contributed by atoms with E-state index in [1.54, 1.807) is 0 Å². The van der Waals surface area contributed by atoms with Crippen LogP contribution in [0.4, 0.5) is 0 Å². The summed E-state index contributed by atoms with van der Waals surface area (Å²) in [5, 5.41) is 7.94. The minimum Gasteiger partial charge on any atom is -0.481 e. The molecule has 0 aromatic carbocycles. The van der Waals surface area contributed by atoms with E-state index >= 15 is 0 Å². The molecule has 0 aliphatic heterocycles. The zero-order valence-corrected chi connectivity index (χ0v) is 11.7. The lowest BCUT2D eigenvalue weighted by molar-refractivity contribution is -0.146. The van der Waals surface area contributed by atoms with Crippen LogP contribution in [0.5, 0.6) is 0 Å². The number of hydrogen-bond acceptors (Lipinski definition) is 5. The third kappa shape index (κ3) is 3.12. The average Bonchev–Trinajstić information content (AvgIpc) is 2.36. The Labute approximate surface area is 117 Å². The number of fused-ring (bicyclic) bond motifs is 1. The molecule has 0 spiro atoms. The van der Waals surface area contributed by atoms with Crippen LogP contribution >= 0.6 is 0 Å². The molecular weight excluding hydrogens is 288 g/mol. The first-order valence-electron chi connectivity index (χ1n) is 6.61. The van der Waals surface area contributed by atoms with Crippen LogP contribution in [0.15, 0.2) is 0 Å². The second kappa shape index (κ2) is 5.69. The lowest BCUT2D eigenvalue weighted by Crippen LogP contribution is -2.46. The van der Waals surface area contributed by atoms with Gasteiger partial charge in [-0.3, -0.25) is 14.1 Å². The Bertz CT molecular complexity index is 486. The van der Waals surface area contributed by atoms with Crippen LogP contribution in [0.2, 0.25) is 0 Å². The summed E-state index contributed by atoms with van der Waals surface area (Å²) in [4.78, 5) is 21.6. The van der Waals surface area contributed by atoms with E-state index in [1.807, 2.05) is 0 Å². The topological polar surface area (TPSA) is 118 Å². The van der Waals surface area contributed by atoms with Crippen LogP contribution in [0.25, 0.3) is 0 Å². The van der Waals surface area contributed by atoms with E-state index in [2.05, 4.69) is 0 Å². The number of rotatable bonds is 4. The van der Waals surface area contributed by atoms with Crippen molar-refractivity contribution in [2.75, 3.05) is 0 Å². The number of carbonyl (C=O) groups excluding carboxylic acids is 1. The third-order valence-electron chi connectivity index (χ3n) is 4.58. The molecule has 2 aliphatic rings. The smallest absolute Gasteiger partial charge is 0.307 e. The van der Waals surface area contributed by atoms with Crippen molar-refractivity contribution in [2.24, 2.45) is 17.8 Å². The molecule has 5 atom stereocenters. The molecule has 8 heteroatoms. The largest absolute Gasteiger partial charge is 0.481 e. The first-order chi connectivity index (χ1) is 9.32. The van der Waals surface area contributed by atoms with Gasteiger partial charge in [0.2, 0.25) is 0 Å². The van der Waals surface area contributed by atoms with Crippen LogP contribution in [0.3, 0.4) is 0 Å². The van der Waals surface area contributed by atoms with Crippen molar-refractivity contribution in [1.29, 1.82) is 0 Å². The van der Waals surface area contributed by atoms with Crippen molar-refractivity contribution >= 4 is 22.6 Å². The number of aliphatic carboxylic acids is 1. The van der Waals surface area contributed by atoms with Crippen LogP contribution < -0.4 is 0 Å². The van der Waals surface area contributed by atoms with Crippen molar-refractivity contribution in [3.05, 3.63) is 0 Å². The van der Waals surface area contributed by atoms with Gasteiger partial charge in [-0.25, -0.2) is 0 Å². The summed E-state index contributed by atoms with van der Waals surface area (Å²) in [6.45, 7) is 0.392. The quantitative estimate of drug-likeness (QED) is 0.579. The van der Waals surface area contributed by atoms with E-state index in [0.29, 0.717) is 25.7 Å². The lowest BCUT2D eigenvalue weighted by atomic mass is 9.66. The summed E-state index contributed by atoms with van der Waals surface area (Å²) in [6.07, 6.45) is 2.03. The SMILES string of the molecule is O=COC1CCC2CC(S(=O)(=O)O)C(C(=O)O)CC2C1. The molecule has 20 heavy (non-hydrogen) atoms. The van der Waals surface area contributed by atoms with Gasteiger partial charge in [0, 0.05) is 0 Å². The molecule has 5 unspecified atom stereocenters. The number of carboxylic acid groups (broad SMARTS) is 1. The Morgan fingerprint density at radius 1 is 1.15 bits per heavy atom. The highest BCUT2D eigenvalue weighted by Gasteiger charge is 2.47. The van der Waals surface area contributed by atoms with Crippen molar-refractivity contribution in [2.45, 2.75) is 43.5 Å². The molecule has 2 fully saturated rings. The van der Waals surface area contributed by atoms with Gasteiger partial charge in [0.1, 0.15) is 11.4 Å². The fraction of sp³-hybridized carbons (Fsp3) is 0.833. The highest BCUT2D eigenvalue weighted by atomic mass is 32.2. The van der Waals surface area contributed by atoms with Gasteiger partial charge in [0.15, 0.2) is 0 Å². The summed E-state index contributed by atoms with van der Waals surface area (Å²) >= 11 is 0. The summed E-state index contributed by atoms with van der Waals surface area (Å²) in [7, 11) is -4.36. The predicted molar refractivity (Wildman–Crippen MR) is 67.5 cm³/mol. The van der Waals surface area contributed by atoms with Gasteiger partial charge in [-0.2, -0.15) is 8.42 Å². The fourth-order valence-corrected chi connectivity index (χ4v) is 4.75. The molecule has 2 N–H and O–H groups in total. The van der Waals surface area contributed by atoms with E-state index in [-0.39, 0.29) is 30.8 Å². The molecule has 0 heterocycles. The molecule has 2 aliphatic carbocycles. The maximum Gasteiger partial charge on any atom is 0.307 e. The Balaban J connectivity index is 2.15. The van der Waals surface area contributed by atoms with Gasteiger partial charge in [-0.1, -0.05) is 0 Å². The molecule has 0 radical (unpaired) electrons. The molecule has 7 nitrogen and oxygen atoms in total. The van der Waals surface area contributed by atoms with Crippen molar-refractivity contribution in [1.82, 2.24) is 0 Å². The van der Waals surface area contributed by atoms with E-state index in [0.717, 1.165) is 0 Å². The maximum absolute atomic E-state index is 11.4. The molecule has 114 valence electrons. The van der Waals surface area contributed by atoms with Gasteiger partial charge >= 0.3 is 5.97 Å². The Hall–Kier alpha value is -1.15. The van der Waals surface area contributed by atoms with Crippen molar-refractivity contribution in [3.8, 4) is 0 Å². The maximum atomic E-state index is 11.4. The fourth-order valence-electron chi connectivity index (χ4n) is 3.61. The zero-order chi connectivity index (χ0) is 14.9. The van der Waals surface area contributed by atoms with Crippen molar-refractivity contribution < 1.29 is 32.4 Å². The molecule has 2 rings (SSSR count). The molecule has 0 saturated heterocycles. The highest BCUT2D eigenvalue weighted by Crippen LogP contribution is 2.45. The van der Waals surface area contributed by atoms with E-state index in [9.17, 15) is 22.6 Å². The molecule has 2 saturated carbocycles. The van der Waals surface area contributed by atoms with Crippen LogP contribution in [0.1, 0.15) is 32.1 Å². The van der Waals surface area contributed by atoms with Crippen LogP contribution in [-0.4, -0.2) is 41.9 Å². The molecule has 0 amide bonds. The average molecular weight is 306 g/mol.